The standard InChI is InChI=1S/C21H22F6O5/c1-18(2,3)9-16(29)31-11-19(10-28)8-13(17(30)32-19)4-12-5-14(20(22,23)24)7-15(6-12)21(25,26)27/h4-7,28H,8-11H2,1-3H3/b13-4-. The Kier molecular flexibility index (Phi) is 7.04. The number of ether oxygens (including phenoxy) is 2. The topological polar surface area (TPSA) is 72.8 Å². The van der Waals surface area contributed by atoms with Crippen molar-refractivity contribution >= 4 is 18.0 Å². The predicted octanol–water partition coefficient (Wildman–Crippen LogP) is 4.77. The lowest BCUT2D eigenvalue weighted by Crippen LogP contribution is -2.39. The monoisotopic (exact) mass is 468 g/mol. The number of alkyl halides is 6. The second-order valence-electron chi connectivity index (χ2n) is 8.81. The van der Waals surface area contributed by atoms with Crippen molar-refractivity contribution in [3.05, 3.63) is 40.5 Å². The minimum Gasteiger partial charge on any atom is -0.461 e. The fourth-order valence-electron chi connectivity index (χ4n) is 3.00. The molecule has 2 rings (SSSR count). The largest absolute Gasteiger partial charge is 0.461 e. The number of cyclic esters (lactones) is 1. The molecule has 0 amide bonds. The molecule has 1 aromatic rings. The van der Waals surface area contributed by atoms with Crippen LogP contribution in [0.5, 0.6) is 0 Å². The van der Waals surface area contributed by atoms with Gasteiger partial charge in [0.15, 0.2) is 5.60 Å². The molecule has 178 valence electrons. The number of rotatable bonds is 5. The Hall–Kier alpha value is -2.56. The second-order valence-corrected chi connectivity index (χ2v) is 8.81. The van der Waals surface area contributed by atoms with Gasteiger partial charge >= 0.3 is 24.3 Å². The fraction of sp³-hybridized carbons (Fsp3) is 0.524. The Morgan fingerprint density at radius 3 is 2.06 bits per heavy atom. The molecule has 0 spiro atoms. The van der Waals surface area contributed by atoms with Crippen molar-refractivity contribution in [3.63, 3.8) is 0 Å². The molecule has 0 saturated carbocycles. The van der Waals surface area contributed by atoms with Gasteiger partial charge in [0.05, 0.1) is 24.2 Å². The van der Waals surface area contributed by atoms with Crippen LogP contribution in [0.4, 0.5) is 26.3 Å². The number of carbonyl (C=O) groups excluding carboxylic acids is 2. The van der Waals surface area contributed by atoms with E-state index in [1.54, 1.807) is 20.8 Å². The minimum atomic E-state index is -5.04. The SMILES string of the molecule is CC(C)(C)CC(=O)OCC1(CO)C/C(=C/c2cc(C(F)(F)F)cc(C(F)(F)F)c2)C(=O)O1. The summed E-state index contributed by atoms with van der Waals surface area (Å²) in [5.74, 6) is -1.66. The Morgan fingerprint density at radius 2 is 1.62 bits per heavy atom. The van der Waals surface area contributed by atoms with Crippen LogP contribution in [0.25, 0.3) is 6.08 Å². The zero-order chi connectivity index (χ0) is 24.5. The van der Waals surface area contributed by atoms with Crippen molar-refractivity contribution in [2.45, 2.75) is 51.6 Å². The quantitative estimate of drug-likeness (QED) is 0.383. The van der Waals surface area contributed by atoms with Gasteiger partial charge in [-0.15, -0.1) is 0 Å². The molecule has 1 N–H and O–H groups in total. The lowest BCUT2D eigenvalue weighted by atomic mass is 9.92. The van der Waals surface area contributed by atoms with Crippen LogP contribution in [0.15, 0.2) is 23.8 Å². The normalized spacial score (nSPS) is 21.1. The molecule has 11 heteroatoms. The van der Waals surface area contributed by atoms with E-state index in [0.717, 1.165) is 6.08 Å². The summed E-state index contributed by atoms with van der Waals surface area (Å²) in [5.41, 5.74) is -5.91. The summed E-state index contributed by atoms with van der Waals surface area (Å²) >= 11 is 0. The maximum absolute atomic E-state index is 13.0. The summed E-state index contributed by atoms with van der Waals surface area (Å²) < 4.78 is 88.4. The van der Waals surface area contributed by atoms with E-state index in [9.17, 15) is 41.0 Å². The van der Waals surface area contributed by atoms with Crippen LogP contribution >= 0.6 is 0 Å². The third-order valence-corrected chi connectivity index (χ3v) is 4.49. The third-order valence-electron chi connectivity index (χ3n) is 4.49. The Labute approximate surface area is 180 Å². The summed E-state index contributed by atoms with van der Waals surface area (Å²) in [7, 11) is 0. The third kappa shape index (κ3) is 6.72. The molecule has 1 saturated heterocycles. The number of hydrogen-bond acceptors (Lipinski definition) is 5. The van der Waals surface area contributed by atoms with E-state index in [1.165, 1.54) is 0 Å². The molecule has 0 bridgehead atoms. The predicted molar refractivity (Wildman–Crippen MR) is 100.0 cm³/mol. The maximum Gasteiger partial charge on any atom is 0.416 e. The van der Waals surface area contributed by atoms with E-state index >= 15 is 0 Å². The molecule has 1 atom stereocenters. The molecule has 1 aliphatic rings. The summed E-state index contributed by atoms with van der Waals surface area (Å²) in [4.78, 5) is 24.1. The minimum absolute atomic E-state index is 0.0261. The zero-order valence-corrected chi connectivity index (χ0v) is 17.5. The summed E-state index contributed by atoms with van der Waals surface area (Å²) in [6, 6.07) is 0.914. The molecule has 0 aromatic heterocycles. The zero-order valence-electron chi connectivity index (χ0n) is 17.5. The van der Waals surface area contributed by atoms with E-state index in [-0.39, 0.29) is 29.9 Å². The average molecular weight is 468 g/mol. The molecule has 0 aliphatic carbocycles. The van der Waals surface area contributed by atoms with Crippen LogP contribution in [-0.2, 0) is 31.4 Å². The van der Waals surface area contributed by atoms with E-state index in [2.05, 4.69) is 0 Å². The van der Waals surface area contributed by atoms with Gasteiger partial charge < -0.3 is 14.6 Å². The van der Waals surface area contributed by atoms with Gasteiger partial charge in [-0.1, -0.05) is 20.8 Å². The first-order valence-electron chi connectivity index (χ1n) is 9.44. The number of aliphatic hydroxyl groups excluding tert-OH is 1. The summed E-state index contributed by atoms with van der Waals surface area (Å²) in [5, 5.41) is 9.67. The first-order chi connectivity index (χ1) is 14.4. The van der Waals surface area contributed by atoms with Crippen LogP contribution in [0.2, 0.25) is 0 Å². The molecule has 1 unspecified atom stereocenters. The highest BCUT2D eigenvalue weighted by molar-refractivity contribution is 5.96. The molecule has 1 heterocycles. The summed E-state index contributed by atoms with van der Waals surface area (Å²) in [6.45, 7) is 4.08. The van der Waals surface area contributed by atoms with E-state index < -0.39 is 59.8 Å². The highest BCUT2D eigenvalue weighted by Crippen LogP contribution is 2.38. The highest BCUT2D eigenvalue weighted by atomic mass is 19.4. The van der Waals surface area contributed by atoms with E-state index in [0.29, 0.717) is 12.1 Å². The van der Waals surface area contributed by atoms with Gasteiger partial charge in [0.2, 0.25) is 0 Å². The summed E-state index contributed by atoms with van der Waals surface area (Å²) in [6.07, 6.45) is -9.58. The van der Waals surface area contributed by atoms with E-state index in [4.69, 9.17) is 9.47 Å². The molecular formula is C21H22F6O5. The fourth-order valence-corrected chi connectivity index (χ4v) is 3.00. The average Bonchev–Trinajstić information content (AvgIpc) is 2.93. The molecule has 1 aliphatic heterocycles. The molecule has 32 heavy (non-hydrogen) atoms. The van der Waals surface area contributed by atoms with Crippen LogP contribution in [-0.4, -0.2) is 35.9 Å². The molecule has 1 fully saturated rings. The Balaban J connectivity index is 2.31. The number of halogens is 6. The van der Waals surface area contributed by atoms with Crippen molar-refractivity contribution < 1.29 is 50.5 Å². The number of aliphatic hydroxyl groups is 1. The highest BCUT2D eigenvalue weighted by Gasteiger charge is 2.45. The van der Waals surface area contributed by atoms with E-state index in [1.807, 2.05) is 0 Å². The Bertz CT molecular complexity index is 878. The molecule has 1 aromatic carbocycles. The lowest BCUT2D eigenvalue weighted by molar-refractivity contribution is -0.167. The van der Waals surface area contributed by atoms with Crippen LogP contribution in [0.3, 0.4) is 0 Å². The van der Waals surface area contributed by atoms with Gasteiger partial charge in [-0.3, -0.25) is 4.79 Å². The van der Waals surface area contributed by atoms with Crippen molar-refractivity contribution in [3.8, 4) is 0 Å². The number of hydrogen-bond donors (Lipinski definition) is 1. The Morgan fingerprint density at radius 1 is 1.09 bits per heavy atom. The van der Waals surface area contributed by atoms with Crippen LogP contribution in [0.1, 0.15) is 50.3 Å². The van der Waals surface area contributed by atoms with Gasteiger partial charge in [0.1, 0.15) is 6.61 Å². The molecule has 5 nitrogen and oxygen atoms in total. The van der Waals surface area contributed by atoms with Crippen molar-refractivity contribution in [2.75, 3.05) is 13.2 Å². The second kappa shape index (κ2) is 8.76. The maximum atomic E-state index is 13.0. The number of benzene rings is 1. The number of carbonyl (C=O) groups is 2. The van der Waals surface area contributed by atoms with Gasteiger partial charge in [-0.05, 0) is 35.3 Å². The van der Waals surface area contributed by atoms with Crippen molar-refractivity contribution in [1.29, 1.82) is 0 Å². The van der Waals surface area contributed by atoms with Gasteiger partial charge in [-0.2, -0.15) is 26.3 Å². The first kappa shape index (κ1) is 25.7. The molecule has 0 radical (unpaired) electrons. The van der Waals surface area contributed by atoms with Crippen LogP contribution < -0.4 is 0 Å². The first-order valence-corrected chi connectivity index (χ1v) is 9.44. The lowest BCUT2D eigenvalue weighted by Gasteiger charge is -2.25. The van der Waals surface area contributed by atoms with Crippen LogP contribution in [0, 0.1) is 5.41 Å². The van der Waals surface area contributed by atoms with Crippen molar-refractivity contribution in [2.24, 2.45) is 5.41 Å². The smallest absolute Gasteiger partial charge is 0.416 e. The van der Waals surface area contributed by atoms with Gasteiger partial charge in [0.25, 0.3) is 0 Å². The number of esters is 2. The molecular weight excluding hydrogens is 446 g/mol. The van der Waals surface area contributed by atoms with Crippen molar-refractivity contribution in [1.82, 2.24) is 0 Å². The van der Waals surface area contributed by atoms with Gasteiger partial charge in [0, 0.05) is 12.0 Å². The van der Waals surface area contributed by atoms with Gasteiger partial charge in [-0.25, -0.2) is 4.79 Å².